The van der Waals surface area contributed by atoms with Crippen LogP contribution in [0.25, 0.3) is 10.8 Å². The first kappa shape index (κ1) is 12.7. The van der Waals surface area contributed by atoms with Gasteiger partial charge in [-0.25, -0.2) is 4.39 Å². The molecular formula is C15H12ClFO. The number of aromatic hydroxyl groups is 1. The summed E-state index contributed by atoms with van der Waals surface area (Å²) in [6.07, 6.45) is 5.38. The summed E-state index contributed by atoms with van der Waals surface area (Å²) in [6.45, 7) is 3.92. The molecule has 0 amide bonds. The van der Waals surface area contributed by atoms with Crippen LogP contribution in [0.4, 0.5) is 4.39 Å². The Hall–Kier alpha value is -1.72. The normalized spacial score (nSPS) is 10.9. The molecule has 0 saturated carbocycles. The van der Waals surface area contributed by atoms with Crippen molar-refractivity contribution in [3.63, 3.8) is 0 Å². The second-order valence-electron chi connectivity index (χ2n) is 4.48. The van der Waals surface area contributed by atoms with Crippen LogP contribution in [0.15, 0.2) is 18.2 Å². The molecule has 0 aliphatic carbocycles. The lowest BCUT2D eigenvalue weighted by Crippen LogP contribution is -1.96. The number of fused-ring (bicyclic) bond motifs is 1. The maximum Gasteiger partial charge on any atom is 0.158 e. The van der Waals surface area contributed by atoms with E-state index >= 15 is 0 Å². The first-order chi connectivity index (χ1) is 8.45. The zero-order chi connectivity index (χ0) is 13.4. The summed E-state index contributed by atoms with van der Waals surface area (Å²) in [7, 11) is 0. The van der Waals surface area contributed by atoms with Crippen LogP contribution in [0.5, 0.6) is 5.75 Å². The molecule has 0 atom stereocenters. The topological polar surface area (TPSA) is 20.2 Å². The zero-order valence-corrected chi connectivity index (χ0v) is 10.8. The van der Waals surface area contributed by atoms with E-state index in [1.54, 1.807) is 6.07 Å². The number of phenols is 1. The molecule has 3 heteroatoms. The van der Waals surface area contributed by atoms with Crippen LogP contribution in [0.2, 0.25) is 5.02 Å². The smallest absolute Gasteiger partial charge is 0.158 e. The molecule has 0 bridgehead atoms. The Morgan fingerprint density at radius 3 is 2.56 bits per heavy atom. The molecule has 0 saturated heterocycles. The van der Waals surface area contributed by atoms with Gasteiger partial charge in [0.15, 0.2) is 5.82 Å². The lowest BCUT2D eigenvalue weighted by molar-refractivity contribution is 0.475. The summed E-state index contributed by atoms with van der Waals surface area (Å²) in [5, 5.41) is 11.0. The van der Waals surface area contributed by atoms with Gasteiger partial charge in [0.05, 0.1) is 10.6 Å². The van der Waals surface area contributed by atoms with Crippen LogP contribution in [0.1, 0.15) is 30.9 Å². The third kappa shape index (κ3) is 1.91. The zero-order valence-electron chi connectivity index (χ0n) is 10.1. The first-order valence-corrected chi connectivity index (χ1v) is 5.94. The third-order valence-electron chi connectivity index (χ3n) is 2.91. The molecule has 0 heterocycles. The lowest BCUT2D eigenvalue weighted by Gasteiger charge is -2.14. The molecule has 1 N–H and O–H groups in total. The molecular weight excluding hydrogens is 251 g/mol. The summed E-state index contributed by atoms with van der Waals surface area (Å²) >= 11 is 5.80. The van der Waals surface area contributed by atoms with Gasteiger partial charge in [0.25, 0.3) is 0 Å². The summed E-state index contributed by atoms with van der Waals surface area (Å²) in [5.74, 6) is 2.01. The van der Waals surface area contributed by atoms with Crippen LogP contribution in [0.3, 0.4) is 0 Å². The molecule has 0 aliphatic rings. The summed E-state index contributed by atoms with van der Waals surface area (Å²) in [4.78, 5) is 0. The Bertz CT molecular complexity index is 668. The maximum absolute atomic E-state index is 13.9. The molecule has 2 rings (SSSR count). The minimum atomic E-state index is -0.584. The summed E-state index contributed by atoms with van der Waals surface area (Å²) < 4.78 is 13.9. The van der Waals surface area contributed by atoms with Crippen LogP contribution in [-0.4, -0.2) is 5.11 Å². The van der Waals surface area contributed by atoms with Gasteiger partial charge in [-0.05, 0) is 35.1 Å². The number of terminal acetylenes is 1. The van der Waals surface area contributed by atoms with Gasteiger partial charge in [-0.3, -0.25) is 0 Å². The average Bonchev–Trinajstić information content (AvgIpc) is 2.30. The summed E-state index contributed by atoms with van der Waals surface area (Å²) in [5.41, 5.74) is 0.967. The second kappa shape index (κ2) is 4.51. The molecule has 0 spiro atoms. The van der Waals surface area contributed by atoms with Gasteiger partial charge in [0, 0.05) is 5.39 Å². The Morgan fingerprint density at radius 2 is 2.00 bits per heavy atom. The Morgan fingerprint density at radius 1 is 1.33 bits per heavy atom. The number of rotatable bonds is 1. The quantitative estimate of drug-likeness (QED) is 0.753. The highest BCUT2D eigenvalue weighted by Gasteiger charge is 2.16. The average molecular weight is 263 g/mol. The van der Waals surface area contributed by atoms with Gasteiger partial charge in [-0.1, -0.05) is 31.4 Å². The van der Waals surface area contributed by atoms with Crippen molar-refractivity contribution in [1.29, 1.82) is 0 Å². The van der Waals surface area contributed by atoms with Gasteiger partial charge in [-0.2, -0.15) is 0 Å². The molecule has 0 aromatic heterocycles. The Balaban J connectivity index is 3.03. The summed E-state index contributed by atoms with van der Waals surface area (Å²) in [6, 6.07) is 4.63. The second-order valence-corrected chi connectivity index (χ2v) is 4.89. The van der Waals surface area contributed by atoms with Crippen molar-refractivity contribution in [1.82, 2.24) is 0 Å². The number of hydrogen-bond donors (Lipinski definition) is 1. The highest BCUT2D eigenvalue weighted by atomic mass is 35.5. The van der Waals surface area contributed by atoms with Crippen LogP contribution >= 0.6 is 11.6 Å². The van der Waals surface area contributed by atoms with E-state index in [-0.39, 0.29) is 22.3 Å². The van der Waals surface area contributed by atoms with Crippen molar-refractivity contribution in [2.75, 3.05) is 0 Å². The molecule has 0 radical (unpaired) electrons. The van der Waals surface area contributed by atoms with Crippen LogP contribution in [0, 0.1) is 18.2 Å². The molecule has 18 heavy (non-hydrogen) atoms. The van der Waals surface area contributed by atoms with E-state index in [0.29, 0.717) is 10.8 Å². The maximum atomic E-state index is 13.9. The van der Waals surface area contributed by atoms with Crippen LogP contribution < -0.4 is 0 Å². The van der Waals surface area contributed by atoms with Crippen molar-refractivity contribution in [3.05, 3.63) is 40.2 Å². The molecule has 2 aromatic carbocycles. The SMILES string of the molecule is C#Cc1c(F)c(Cl)cc2cc(O)cc(C(C)C)c12. The first-order valence-electron chi connectivity index (χ1n) is 5.57. The van der Waals surface area contributed by atoms with Crippen molar-refractivity contribution in [3.8, 4) is 18.1 Å². The Kier molecular flexibility index (Phi) is 3.19. The van der Waals surface area contributed by atoms with E-state index in [9.17, 15) is 9.50 Å². The van der Waals surface area contributed by atoms with E-state index in [4.69, 9.17) is 18.0 Å². The van der Waals surface area contributed by atoms with E-state index in [1.807, 2.05) is 13.8 Å². The minimum absolute atomic E-state index is 0.0317. The molecule has 2 aromatic rings. The van der Waals surface area contributed by atoms with E-state index in [1.165, 1.54) is 12.1 Å². The van der Waals surface area contributed by atoms with Gasteiger partial charge in [0.1, 0.15) is 5.75 Å². The van der Waals surface area contributed by atoms with Crippen molar-refractivity contribution in [2.24, 2.45) is 0 Å². The molecule has 0 aliphatic heterocycles. The van der Waals surface area contributed by atoms with Crippen LogP contribution in [-0.2, 0) is 0 Å². The predicted octanol–water partition coefficient (Wildman–Crippen LogP) is 4.44. The van der Waals surface area contributed by atoms with Gasteiger partial charge in [-0.15, -0.1) is 6.42 Å². The van der Waals surface area contributed by atoms with Gasteiger partial charge in [0.2, 0.25) is 0 Å². The molecule has 1 nitrogen and oxygen atoms in total. The highest BCUT2D eigenvalue weighted by Crippen LogP contribution is 2.35. The van der Waals surface area contributed by atoms with E-state index < -0.39 is 5.82 Å². The van der Waals surface area contributed by atoms with Crippen molar-refractivity contribution >= 4 is 22.4 Å². The monoisotopic (exact) mass is 262 g/mol. The minimum Gasteiger partial charge on any atom is -0.508 e. The predicted molar refractivity (Wildman–Crippen MR) is 72.6 cm³/mol. The fraction of sp³-hybridized carbons (Fsp3) is 0.200. The fourth-order valence-electron chi connectivity index (χ4n) is 2.09. The highest BCUT2D eigenvalue weighted by molar-refractivity contribution is 6.31. The van der Waals surface area contributed by atoms with Crippen molar-refractivity contribution in [2.45, 2.75) is 19.8 Å². The molecule has 92 valence electrons. The molecule has 0 unspecified atom stereocenters. The number of benzene rings is 2. The fourth-order valence-corrected chi connectivity index (χ4v) is 2.31. The number of phenolic OH excluding ortho intramolecular Hbond substituents is 1. The Labute approximate surface area is 110 Å². The third-order valence-corrected chi connectivity index (χ3v) is 3.19. The van der Waals surface area contributed by atoms with E-state index in [0.717, 1.165) is 5.56 Å². The lowest BCUT2D eigenvalue weighted by atomic mass is 9.92. The van der Waals surface area contributed by atoms with Crippen molar-refractivity contribution < 1.29 is 9.50 Å². The largest absolute Gasteiger partial charge is 0.508 e. The van der Waals surface area contributed by atoms with Gasteiger partial charge < -0.3 is 5.11 Å². The van der Waals surface area contributed by atoms with Gasteiger partial charge >= 0.3 is 0 Å². The molecule has 0 fully saturated rings. The van der Waals surface area contributed by atoms with E-state index in [2.05, 4.69) is 5.92 Å². The standard InChI is InChI=1S/C15H12ClFO/c1-4-11-14-9(6-13(16)15(11)17)5-10(18)7-12(14)8(2)3/h1,5-8,18H,2-3H3. The number of halogens is 2. The number of hydrogen-bond acceptors (Lipinski definition) is 1.